The number of carbonyl (C=O) groups is 2. The van der Waals surface area contributed by atoms with Crippen molar-refractivity contribution in [2.45, 2.75) is 25.8 Å². The van der Waals surface area contributed by atoms with Gasteiger partial charge < -0.3 is 15.0 Å². The minimum Gasteiger partial charge on any atom is -0.497 e. The first kappa shape index (κ1) is 20.7. The van der Waals surface area contributed by atoms with Crippen LogP contribution in [0.4, 0.5) is 0 Å². The average Bonchev–Trinajstić information content (AvgIpc) is 3.25. The Morgan fingerprint density at radius 3 is 2.81 bits per heavy atom. The number of ether oxygens (including phenoxy) is 1. The number of carbonyl (C=O) groups excluding carboxylic acids is 2. The molecular formula is C24H26N4O3. The molecule has 0 bridgehead atoms. The summed E-state index contributed by atoms with van der Waals surface area (Å²) in [5.41, 5.74) is 3.91. The summed E-state index contributed by atoms with van der Waals surface area (Å²) in [6, 6.07) is 17.3. The molecule has 4 rings (SSSR count). The molecule has 1 aliphatic heterocycles. The van der Waals surface area contributed by atoms with E-state index in [4.69, 9.17) is 4.74 Å². The number of amides is 2. The van der Waals surface area contributed by atoms with Crippen LogP contribution in [0.15, 0.2) is 54.6 Å². The van der Waals surface area contributed by atoms with Crippen LogP contribution < -0.4 is 10.1 Å². The van der Waals surface area contributed by atoms with Crippen LogP contribution in [0.3, 0.4) is 0 Å². The summed E-state index contributed by atoms with van der Waals surface area (Å²) in [7, 11) is 1.58. The van der Waals surface area contributed by atoms with Gasteiger partial charge in [0.15, 0.2) is 5.69 Å². The number of nitrogens with zero attached hydrogens (tertiary/aromatic N) is 2. The monoisotopic (exact) mass is 418 g/mol. The Morgan fingerprint density at radius 1 is 1.16 bits per heavy atom. The Balaban J connectivity index is 1.37. The number of rotatable bonds is 7. The van der Waals surface area contributed by atoms with Crippen molar-refractivity contribution in [3.63, 3.8) is 0 Å². The molecule has 0 unspecified atom stereocenters. The number of hydrogen-bond acceptors (Lipinski definition) is 4. The van der Waals surface area contributed by atoms with Gasteiger partial charge in [0.2, 0.25) is 0 Å². The van der Waals surface area contributed by atoms with Gasteiger partial charge in [-0.3, -0.25) is 14.7 Å². The van der Waals surface area contributed by atoms with Gasteiger partial charge >= 0.3 is 0 Å². The number of methoxy groups -OCH3 is 1. The lowest BCUT2D eigenvalue weighted by Gasteiger charge is -2.27. The number of nitrogens with one attached hydrogen (secondary N) is 2. The number of aromatic amines is 1. The molecule has 0 saturated carbocycles. The van der Waals surface area contributed by atoms with Crippen LogP contribution in [0.1, 0.15) is 44.1 Å². The van der Waals surface area contributed by atoms with Crippen LogP contribution in [0.25, 0.3) is 0 Å². The highest BCUT2D eigenvalue weighted by Gasteiger charge is 2.28. The van der Waals surface area contributed by atoms with Crippen LogP contribution in [0.2, 0.25) is 0 Å². The molecule has 1 aliphatic rings. The Labute approximate surface area is 181 Å². The van der Waals surface area contributed by atoms with Gasteiger partial charge in [0.05, 0.1) is 13.7 Å². The molecule has 7 nitrogen and oxygen atoms in total. The molecule has 2 amide bonds. The van der Waals surface area contributed by atoms with E-state index in [9.17, 15) is 9.59 Å². The first-order valence-electron chi connectivity index (χ1n) is 10.5. The van der Waals surface area contributed by atoms with Gasteiger partial charge in [-0.25, -0.2) is 0 Å². The second-order valence-electron chi connectivity index (χ2n) is 7.58. The smallest absolute Gasteiger partial charge is 0.272 e. The Kier molecular flexibility index (Phi) is 6.31. The number of fused-ring (bicyclic) bond motifs is 1. The number of H-pyrrole nitrogens is 1. The first-order chi connectivity index (χ1) is 15.2. The van der Waals surface area contributed by atoms with Crippen LogP contribution in [-0.4, -0.2) is 47.1 Å². The molecule has 0 atom stereocenters. The molecule has 0 aliphatic carbocycles. The van der Waals surface area contributed by atoms with Gasteiger partial charge in [0.25, 0.3) is 11.8 Å². The van der Waals surface area contributed by atoms with Crippen LogP contribution >= 0.6 is 0 Å². The third-order valence-electron chi connectivity index (χ3n) is 5.52. The highest BCUT2D eigenvalue weighted by molar-refractivity contribution is 5.96. The molecular weight excluding hydrogens is 392 g/mol. The molecule has 2 heterocycles. The van der Waals surface area contributed by atoms with Crippen molar-refractivity contribution in [2.24, 2.45) is 0 Å². The van der Waals surface area contributed by atoms with Crippen molar-refractivity contribution in [2.75, 3.05) is 20.2 Å². The van der Waals surface area contributed by atoms with E-state index in [1.54, 1.807) is 36.3 Å². The van der Waals surface area contributed by atoms with Crippen molar-refractivity contribution in [3.05, 3.63) is 82.7 Å². The fourth-order valence-electron chi connectivity index (χ4n) is 3.82. The second kappa shape index (κ2) is 9.47. The van der Waals surface area contributed by atoms with E-state index in [1.165, 1.54) is 5.56 Å². The maximum Gasteiger partial charge on any atom is 0.272 e. The number of aromatic nitrogens is 2. The summed E-state index contributed by atoms with van der Waals surface area (Å²) in [6.07, 6.45) is 2.39. The summed E-state index contributed by atoms with van der Waals surface area (Å²) < 4.78 is 5.22. The molecule has 0 spiro atoms. The van der Waals surface area contributed by atoms with E-state index >= 15 is 0 Å². The molecule has 0 saturated heterocycles. The zero-order valence-corrected chi connectivity index (χ0v) is 17.6. The summed E-state index contributed by atoms with van der Waals surface area (Å²) in [4.78, 5) is 27.4. The molecule has 2 aromatic carbocycles. The largest absolute Gasteiger partial charge is 0.497 e. The number of aryl methyl sites for hydroxylation is 1. The Hall–Kier alpha value is -3.61. The summed E-state index contributed by atoms with van der Waals surface area (Å²) in [5, 5.41) is 10.2. The summed E-state index contributed by atoms with van der Waals surface area (Å²) in [5.74, 6) is 0.351. The standard InChI is InChI=1S/C24H26N4O3/c1-31-19-11-5-10-18(15-19)24(30)28-14-12-21-20(16-28)22(27-26-21)23(29)25-13-6-9-17-7-3-2-4-8-17/h2-5,7-8,10-11,15H,6,9,12-14,16H2,1H3,(H,25,29)(H,26,27). The van der Waals surface area contributed by atoms with E-state index in [1.807, 2.05) is 18.2 Å². The van der Waals surface area contributed by atoms with Crippen LogP contribution in [-0.2, 0) is 19.4 Å². The van der Waals surface area contributed by atoms with Crippen molar-refractivity contribution in [1.82, 2.24) is 20.4 Å². The normalized spacial score (nSPS) is 12.9. The highest BCUT2D eigenvalue weighted by Crippen LogP contribution is 2.23. The third kappa shape index (κ3) is 4.77. The fourth-order valence-corrected chi connectivity index (χ4v) is 3.82. The molecule has 160 valence electrons. The predicted octanol–water partition coefficient (Wildman–Crippen LogP) is 2.98. The van der Waals surface area contributed by atoms with Gasteiger partial charge in [-0.15, -0.1) is 0 Å². The number of benzene rings is 2. The lowest BCUT2D eigenvalue weighted by Crippen LogP contribution is -2.37. The van der Waals surface area contributed by atoms with Gasteiger partial charge in [0, 0.05) is 36.3 Å². The molecule has 1 aromatic heterocycles. The van der Waals surface area contributed by atoms with Crippen molar-refractivity contribution < 1.29 is 14.3 Å². The average molecular weight is 418 g/mol. The maximum atomic E-state index is 13.0. The lowest BCUT2D eigenvalue weighted by atomic mass is 10.0. The van der Waals surface area contributed by atoms with Gasteiger partial charge in [-0.05, 0) is 36.6 Å². The highest BCUT2D eigenvalue weighted by atomic mass is 16.5. The molecule has 0 fully saturated rings. The quantitative estimate of drug-likeness (QED) is 0.578. The van der Waals surface area contributed by atoms with Gasteiger partial charge in [-0.2, -0.15) is 5.10 Å². The number of hydrogen-bond donors (Lipinski definition) is 2. The van der Waals surface area contributed by atoms with E-state index in [0.717, 1.165) is 24.1 Å². The fraction of sp³-hybridized carbons (Fsp3) is 0.292. The maximum absolute atomic E-state index is 13.0. The molecule has 3 aromatic rings. The zero-order chi connectivity index (χ0) is 21.6. The Morgan fingerprint density at radius 2 is 2.00 bits per heavy atom. The molecule has 31 heavy (non-hydrogen) atoms. The predicted molar refractivity (Wildman–Crippen MR) is 117 cm³/mol. The molecule has 0 radical (unpaired) electrons. The zero-order valence-electron chi connectivity index (χ0n) is 17.6. The van der Waals surface area contributed by atoms with Crippen LogP contribution in [0, 0.1) is 0 Å². The topological polar surface area (TPSA) is 87.3 Å². The van der Waals surface area contributed by atoms with Gasteiger partial charge in [0.1, 0.15) is 5.75 Å². The SMILES string of the molecule is COc1cccc(C(=O)N2CCc3[nH]nc(C(=O)NCCCc4ccccc4)c3C2)c1. The van der Waals surface area contributed by atoms with E-state index in [0.29, 0.717) is 43.1 Å². The van der Waals surface area contributed by atoms with Crippen molar-refractivity contribution >= 4 is 11.8 Å². The molecule has 7 heteroatoms. The van der Waals surface area contributed by atoms with E-state index < -0.39 is 0 Å². The minimum atomic E-state index is -0.207. The van der Waals surface area contributed by atoms with E-state index in [2.05, 4.69) is 27.6 Å². The van der Waals surface area contributed by atoms with Crippen LogP contribution in [0.5, 0.6) is 5.75 Å². The molecule has 2 N–H and O–H groups in total. The second-order valence-corrected chi connectivity index (χ2v) is 7.58. The first-order valence-corrected chi connectivity index (χ1v) is 10.5. The van der Waals surface area contributed by atoms with E-state index in [-0.39, 0.29) is 11.8 Å². The summed E-state index contributed by atoms with van der Waals surface area (Å²) in [6.45, 7) is 1.50. The minimum absolute atomic E-state index is 0.0834. The van der Waals surface area contributed by atoms with Crippen molar-refractivity contribution in [1.29, 1.82) is 0 Å². The third-order valence-corrected chi connectivity index (χ3v) is 5.52. The lowest BCUT2D eigenvalue weighted by molar-refractivity contribution is 0.0731. The Bertz CT molecular complexity index is 1060. The van der Waals surface area contributed by atoms with Gasteiger partial charge in [-0.1, -0.05) is 36.4 Å². The van der Waals surface area contributed by atoms with Crippen molar-refractivity contribution in [3.8, 4) is 5.75 Å². The summed E-state index contributed by atoms with van der Waals surface area (Å²) >= 11 is 0.